The lowest BCUT2D eigenvalue weighted by Gasteiger charge is -2.37. The molecule has 148 valence electrons. The largest absolute Gasteiger partial charge is 0.378 e. The lowest BCUT2D eigenvalue weighted by Crippen LogP contribution is -2.57. The second-order valence-corrected chi connectivity index (χ2v) is 7.06. The molecule has 3 amide bonds. The number of benzene rings is 1. The normalized spacial score (nSPS) is 20.0. The summed E-state index contributed by atoms with van der Waals surface area (Å²) in [7, 11) is 0. The number of carbonyl (C=O) groups is 2. The van der Waals surface area contributed by atoms with E-state index >= 15 is 0 Å². The molecule has 3 heterocycles. The first-order valence-corrected chi connectivity index (χ1v) is 9.74. The van der Waals surface area contributed by atoms with Crippen molar-refractivity contribution in [1.29, 1.82) is 0 Å². The Labute approximate surface area is 164 Å². The zero-order valence-corrected chi connectivity index (χ0v) is 15.8. The van der Waals surface area contributed by atoms with E-state index in [1.165, 1.54) is 4.90 Å². The predicted molar refractivity (Wildman–Crippen MR) is 103 cm³/mol. The Morgan fingerprint density at radius 2 is 1.96 bits per heavy atom. The highest BCUT2D eigenvalue weighted by atomic mass is 16.5. The molecule has 8 nitrogen and oxygen atoms in total. The van der Waals surface area contributed by atoms with Crippen LogP contribution >= 0.6 is 0 Å². The molecule has 1 atom stereocenters. The summed E-state index contributed by atoms with van der Waals surface area (Å²) in [6.07, 6.45) is 5.03. The number of nitrogens with one attached hydrogen (secondary N) is 1. The Balaban J connectivity index is 1.59. The van der Waals surface area contributed by atoms with Crippen molar-refractivity contribution in [1.82, 2.24) is 24.7 Å². The summed E-state index contributed by atoms with van der Waals surface area (Å²) < 4.78 is 7.14. The summed E-state index contributed by atoms with van der Waals surface area (Å²) in [5.41, 5.74) is 1.19. The maximum Gasteiger partial charge on any atom is 0.327 e. The Morgan fingerprint density at radius 1 is 1.18 bits per heavy atom. The molecular weight excluding hydrogens is 358 g/mol. The zero-order valence-electron chi connectivity index (χ0n) is 15.8. The number of ether oxygens (including phenoxy) is 1. The third-order valence-corrected chi connectivity index (χ3v) is 5.20. The Morgan fingerprint density at radius 3 is 2.68 bits per heavy atom. The van der Waals surface area contributed by atoms with Gasteiger partial charge in [0.15, 0.2) is 0 Å². The number of carbonyl (C=O) groups excluding carboxylic acids is 2. The number of imide groups is 1. The van der Waals surface area contributed by atoms with Gasteiger partial charge in [-0.25, -0.2) is 9.78 Å². The van der Waals surface area contributed by atoms with Crippen LogP contribution in [0.3, 0.4) is 0 Å². The first-order chi connectivity index (χ1) is 13.7. The van der Waals surface area contributed by atoms with E-state index in [0.29, 0.717) is 32.8 Å². The minimum Gasteiger partial charge on any atom is -0.378 e. The number of aromatic nitrogens is 2. The number of urea groups is 1. The van der Waals surface area contributed by atoms with Gasteiger partial charge in [0.25, 0.3) is 5.91 Å². The fraction of sp³-hybridized carbons (Fsp3) is 0.450. The average molecular weight is 383 g/mol. The zero-order chi connectivity index (χ0) is 19.3. The topological polar surface area (TPSA) is 79.7 Å². The van der Waals surface area contributed by atoms with Crippen molar-refractivity contribution < 1.29 is 14.3 Å². The fourth-order valence-electron chi connectivity index (χ4n) is 3.67. The van der Waals surface area contributed by atoms with Crippen LogP contribution in [0, 0.1) is 0 Å². The Kier molecular flexibility index (Phi) is 5.68. The molecule has 0 saturated carbocycles. The second-order valence-electron chi connectivity index (χ2n) is 7.06. The molecular formula is C20H25N5O3. The molecule has 0 bridgehead atoms. The molecule has 1 aromatic heterocycles. The van der Waals surface area contributed by atoms with E-state index in [1.807, 2.05) is 30.3 Å². The maximum absolute atomic E-state index is 13.3. The smallest absolute Gasteiger partial charge is 0.327 e. The highest BCUT2D eigenvalue weighted by molar-refractivity contribution is 6.03. The molecule has 1 N–H and O–H groups in total. The van der Waals surface area contributed by atoms with Crippen molar-refractivity contribution in [3.05, 3.63) is 48.5 Å². The molecule has 28 heavy (non-hydrogen) atoms. The third kappa shape index (κ3) is 3.93. The maximum atomic E-state index is 13.3. The van der Waals surface area contributed by atoms with E-state index in [1.54, 1.807) is 22.0 Å². The van der Waals surface area contributed by atoms with Crippen molar-refractivity contribution in [3.63, 3.8) is 0 Å². The summed E-state index contributed by atoms with van der Waals surface area (Å²) >= 11 is 0. The number of hydrogen-bond donors (Lipinski definition) is 1. The number of morpholine rings is 1. The molecule has 0 aliphatic carbocycles. The number of amides is 3. The lowest BCUT2D eigenvalue weighted by atomic mass is 10.1. The molecule has 4 rings (SSSR count). The predicted octanol–water partition coefficient (Wildman–Crippen LogP) is 1.52. The van der Waals surface area contributed by atoms with Gasteiger partial charge in [-0.05, 0) is 31.5 Å². The van der Waals surface area contributed by atoms with Gasteiger partial charge >= 0.3 is 6.03 Å². The monoisotopic (exact) mass is 383 g/mol. The standard InChI is InChI=1S/C20H25N5O3/c26-19(18-14-24(15-22-18)16-5-2-1-3-6-16)25(17-7-4-8-21-13-17)20(27)23-9-11-28-12-10-23/h1-3,5-6,14-15,17,21H,4,7-13H2. The van der Waals surface area contributed by atoms with Gasteiger partial charge in [0.05, 0.1) is 19.3 Å². The fourth-order valence-corrected chi connectivity index (χ4v) is 3.67. The number of hydrogen-bond acceptors (Lipinski definition) is 5. The number of imidazole rings is 1. The van der Waals surface area contributed by atoms with Gasteiger partial charge < -0.3 is 19.5 Å². The summed E-state index contributed by atoms with van der Waals surface area (Å²) in [4.78, 5) is 33.9. The lowest BCUT2D eigenvalue weighted by molar-refractivity contribution is 0.0346. The van der Waals surface area contributed by atoms with Crippen LogP contribution in [0.2, 0.25) is 0 Å². The van der Waals surface area contributed by atoms with Crippen LogP contribution in [0.15, 0.2) is 42.9 Å². The van der Waals surface area contributed by atoms with E-state index in [4.69, 9.17) is 4.74 Å². The molecule has 0 spiro atoms. The van der Waals surface area contributed by atoms with Crippen LogP contribution in [-0.2, 0) is 4.74 Å². The van der Waals surface area contributed by atoms with Crippen LogP contribution in [0.25, 0.3) is 5.69 Å². The Hall–Kier alpha value is -2.71. The molecule has 1 aromatic carbocycles. The highest BCUT2D eigenvalue weighted by Gasteiger charge is 2.35. The van der Waals surface area contributed by atoms with Crippen LogP contribution in [-0.4, -0.2) is 76.7 Å². The molecule has 2 aliphatic rings. The summed E-state index contributed by atoms with van der Waals surface area (Å²) in [5.74, 6) is -0.347. The first kappa shape index (κ1) is 18.6. The molecule has 2 fully saturated rings. The molecule has 0 radical (unpaired) electrons. The summed E-state index contributed by atoms with van der Waals surface area (Å²) in [6.45, 7) is 3.52. The van der Waals surface area contributed by atoms with Gasteiger partial charge in [0, 0.05) is 31.5 Å². The van der Waals surface area contributed by atoms with Crippen molar-refractivity contribution in [2.75, 3.05) is 39.4 Å². The van der Waals surface area contributed by atoms with Gasteiger partial charge in [-0.15, -0.1) is 0 Å². The summed E-state index contributed by atoms with van der Waals surface area (Å²) in [6, 6.07) is 9.26. The Bertz CT molecular complexity index is 810. The third-order valence-electron chi connectivity index (χ3n) is 5.20. The molecule has 2 aromatic rings. The van der Waals surface area contributed by atoms with E-state index in [9.17, 15) is 9.59 Å². The van der Waals surface area contributed by atoms with Gasteiger partial charge in [-0.1, -0.05) is 18.2 Å². The van der Waals surface area contributed by atoms with Gasteiger partial charge in [0.2, 0.25) is 0 Å². The summed E-state index contributed by atoms with van der Waals surface area (Å²) in [5, 5.41) is 3.30. The molecule has 2 saturated heterocycles. The van der Waals surface area contributed by atoms with Crippen LogP contribution in [0.4, 0.5) is 4.79 Å². The molecule has 2 aliphatic heterocycles. The van der Waals surface area contributed by atoms with E-state index in [2.05, 4.69) is 10.3 Å². The van der Waals surface area contributed by atoms with Crippen LogP contribution in [0.5, 0.6) is 0 Å². The second kappa shape index (κ2) is 8.53. The van der Waals surface area contributed by atoms with E-state index in [-0.39, 0.29) is 23.7 Å². The van der Waals surface area contributed by atoms with E-state index < -0.39 is 0 Å². The quantitative estimate of drug-likeness (QED) is 0.869. The van der Waals surface area contributed by atoms with Crippen LogP contribution in [0.1, 0.15) is 23.3 Å². The van der Waals surface area contributed by atoms with Crippen LogP contribution < -0.4 is 5.32 Å². The van der Waals surface area contributed by atoms with Gasteiger partial charge in [0.1, 0.15) is 12.0 Å². The van der Waals surface area contributed by atoms with Crippen molar-refractivity contribution in [2.45, 2.75) is 18.9 Å². The minimum atomic E-state index is -0.347. The molecule has 1 unspecified atom stereocenters. The van der Waals surface area contributed by atoms with Crippen molar-refractivity contribution >= 4 is 11.9 Å². The minimum absolute atomic E-state index is 0.168. The molecule has 8 heteroatoms. The first-order valence-electron chi connectivity index (χ1n) is 9.74. The van der Waals surface area contributed by atoms with Gasteiger partial charge in [-0.3, -0.25) is 9.69 Å². The average Bonchev–Trinajstić information content (AvgIpc) is 3.26. The highest BCUT2D eigenvalue weighted by Crippen LogP contribution is 2.18. The number of para-hydroxylation sites is 1. The SMILES string of the molecule is O=C(c1cn(-c2ccccc2)cn1)N(C(=O)N1CCOCC1)C1CCCNC1. The van der Waals surface area contributed by atoms with Gasteiger partial charge in [-0.2, -0.15) is 0 Å². The number of piperidine rings is 1. The van der Waals surface area contributed by atoms with Crippen molar-refractivity contribution in [3.8, 4) is 5.69 Å². The number of rotatable bonds is 3. The number of nitrogens with zero attached hydrogens (tertiary/aromatic N) is 4. The van der Waals surface area contributed by atoms with E-state index in [0.717, 1.165) is 25.1 Å². The van der Waals surface area contributed by atoms with Crippen molar-refractivity contribution in [2.24, 2.45) is 0 Å².